The molecule has 4 heterocycles. The molecule has 0 unspecified atom stereocenters. The third-order valence-electron chi connectivity index (χ3n) is 4.99. The monoisotopic (exact) mass is 435 g/mol. The van der Waals surface area contributed by atoms with E-state index in [-0.39, 0.29) is 17.9 Å². The maximum Gasteiger partial charge on any atom is 0.338 e. The zero-order valence-electron chi connectivity index (χ0n) is 16.0. The first kappa shape index (κ1) is 18.8. The SMILES string of the molecule is CCOC(=O)c1ccc(N2C(=O)c3n[nH]c(-c4cccs4)c3[C@H]2c2cccs2)cc1. The molecule has 8 heteroatoms. The van der Waals surface area contributed by atoms with Crippen LogP contribution in [0.1, 0.15) is 44.3 Å². The number of esters is 1. The average molecular weight is 436 g/mol. The zero-order chi connectivity index (χ0) is 20.7. The Labute approximate surface area is 180 Å². The number of rotatable bonds is 5. The van der Waals surface area contributed by atoms with E-state index in [1.807, 2.05) is 35.0 Å². The Balaban J connectivity index is 1.60. The van der Waals surface area contributed by atoms with Crippen LogP contribution in [-0.4, -0.2) is 28.7 Å². The number of benzene rings is 1. The van der Waals surface area contributed by atoms with Crippen molar-refractivity contribution in [3.8, 4) is 10.6 Å². The number of hydrogen-bond acceptors (Lipinski definition) is 6. The summed E-state index contributed by atoms with van der Waals surface area (Å²) in [7, 11) is 0. The highest BCUT2D eigenvalue weighted by molar-refractivity contribution is 7.13. The van der Waals surface area contributed by atoms with Gasteiger partial charge in [-0.1, -0.05) is 12.1 Å². The van der Waals surface area contributed by atoms with Gasteiger partial charge in [0.05, 0.1) is 22.7 Å². The minimum atomic E-state index is -0.375. The summed E-state index contributed by atoms with van der Waals surface area (Å²) in [5.74, 6) is -0.536. The fourth-order valence-corrected chi connectivity index (χ4v) is 5.26. The van der Waals surface area contributed by atoms with E-state index >= 15 is 0 Å². The van der Waals surface area contributed by atoms with Gasteiger partial charge in [0.25, 0.3) is 5.91 Å². The second-order valence-electron chi connectivity index (χ2n) is 6.70. The average Bonchev–Trinajstić information content (AvgIpc) is 3.54. The lowest BCUT2D eigenvalue weighted by molar-refractivity contribution is 0.0526. The fourth-order valence-electron chi connectivity index (χ4n) is 3.70. The molecule has 3 aromatic heterocycles. The van der Waals surface area contributed by atoms with Gasteiger partial charge in [0, 0.05) is 16.1 Å². The van der Waals surface area contributed by atoms with Crippen molar-refractivity contribution in [2.24, 2.45) is 0 Å². The molecule has 150 valence electrons. The van der Waals surface area contributed by atoms with E-state index in [2.05, 4.69) is 10.2 Å². The molecule has 1 aliphatic rings. The van der Waals surface area contributed by atoms with Crippen LogP contribution < -0.4 is 4.90 Å². The predicted octanol–water partition coefficient (Wildman–Crippen LogP) is 5.13. The maximum atomic E-state index is 13.4. The van der Waals surface area contributed by atoms with Crippen molar-refractivity contribution < 1.29 is 14.3 Å². The molecule has 5 rings (SSSR count). The first-order valence-corrected chi connectivity index (χ1v) is 11.2. The Bertz CT molecular complexity index is 1200. The van der Waals surface area contributed by atoms with E-state index in [0.717, 1.165) is 21.0 Å². The molecule has 1 aliphatic heterocycles. The van der Waals surface area contributed by atoms with Gasteiger partial charge in [-0.3, -0.25) is 14.8 Å². The van der Waals surface area contributed by atoms with E-state index in [4.69, 9.17) is 4.74 Å². The van der Waals surface area contributed by atoms with E-state index in [0.29, 0.717) is 23.6 Å². The number of amides is 1. The molecule has 0 saturated carbocycles. The summed E-state index contributed by atoms with van der Waals surface area (Å²) in [6, 6.07) is 14.7. The van der Waals surface area contributed by atoms with Crippen LogP contribution in [0.15, 0.2) is 59.3 Å². The molecule has 1 atom stereocenters. The molecular formula is C22H17N3O3S2. The number of aromatic amines is 1. The summed E-state index contributed by atoms with van der Waals surface area (Å²) < 4.78 is 5.06. The van der Waals surface area contributed by atoms with Crippen LogP contribution >= 0.6 is 22.7 Å². The Kier molecular flexibility index (Phi) is 4.72. The highest BCUT2D eigenvalue weighted by atomic mass is 32.1. The number of anilines is 1. The topological polar surface area (TPSA) is 75.3 Å². The van der Waals surface area contributed by atoms with Crippen molar-refractivity contribution in [3.63, 3.8) is 0 Å². The molecular weight excluding hydrogens is 418 g/mol. The van der Waals surface area contributed by atoms with E-state index in [9.17, 15) is 9.59 Å². The number of nitrogens with one attached hydrogen (secondary N) is 1. The standard InChI is InChI=1S/C22H17N3O3S2/c1-2-28-22(27)13-7-9-14(10-8-13)25-20(16-6-4-12-30-16)17-18(15-5-3-11-29-15)23-24-19(17)21(25)26/h3-12,20H,2H2,1H3,(H,23,24)/t20-/m1/s1. The summed E-state index contributed by atoms with van der Waals surface area (Å²) in [5, 5.41) is 11.4. The minimum Gasteiger partial charge on any atom is -0.462 e. The van der Waals surface area contributed by atoms with Crippen LogP contribution in [0, 0.1) is 0 Å². The van der Waals surface area contributed by atoms with Crippen molar-refractivity contribution in [1.29, 1.82) is 0 Å². The summed E-state index contributed by atoms with van der Waals surface area (Å²) in [4.78, 5) is 29.2. The van der Waals surface area contributed by atoms with Gasteiger partial charge in [0.2, 0.25) is 0 Å². The van der Waals surface area contributed by atoms with Crippen molar-refractivity contribution >= 4 is 40.2 Å². The van der Waals surface area contributed by atoms with Crippen LogP contribution in [0.5, 0.6) is 0 Å². The van der Waals surface area contributed by atoms with Crippen LogP contribution in [0.3, 0.4) is 0 Å². The smallest absolute Gasteiger partial charge is 0.338 e. The third kappa shape index (κ3) is 2.96. The Morgan fingerprint density at radius 3 is 2.57 bits per heavy atom. The number of carbonyl (C=O) groups is 2. The molecule has 30 heavy (non-hydrogen) atoms. The number of carbonyl (C=O) groups excluding carboxylic acids is 2. The minimum absolute atomic E-state index is 0.161. The Morgan fingerprint density at radius 1 is 1.13 bits per heavy atom. The van der Waals surface area contributed by atoms with E-state index in [1.54, 1.807) is 58.8 Å². The quantitative estimate of drug-likeness (QED) is 0.441. The number of fused-ring (bicyclic) bond motifs is 1. The lowest BCUT2D eigenvalue weighted by atomic mass is 10.0. The van der Waals surface area contributed by atoms with Crippen LogP contribution in [-0.2, 0) is 4.74 Å². The molecule has 1 amide bonds. The van der Waals surface area contributed by atoms with Gasteiger partial charge in [-0.05, 0) is 54.1 Å². The van der Waals surface area contributed by atoms with Crippen LogP contribution in [0.2, 0.25) is 0 Å². The van der Waals surface area contributed by atoms with Gasteiger partial charge in [-0.15, -0.1) is 22.7 Å². The molecule has 0 bridgehead atoms. The molecule has 1 aromatic carbocycles. The Hall–Kier alpha value is -3.23. The second kappa shape index (κ2) is 7.55. The number of hydrogen-bond donors (Lipinski definition) is 1. The second-order valence-corrected chi connectivity index (χ2v) is 8.63. The summed E-state index contributed by atoms with van der Waals surface area (Å²) in [6.07, 6.45) is 0. The molecule has 0 spiro atoms. The largest absolute Gasteiger partial charge is 0.462 e. The van der Waals surface area contributed by atoms with Crippen molar-refractivity contribution in [2.45, 2.75) is 13.0 Å². The van der Waals surface area contributed by atoms with Gasteiger partial charge in [0.15, 0.2) is 5.69 Å². The number of ether oxygens (including phenoxy) is 1. The third-order valence-corrected chi connectivity index (χ3v) is 6.81. The van der Waals surface area contributed by atoms with Gasteiger partial charge < -0.3 is 4.74 Å². The normalized spacial score (nSPS) is 15.4. The highest BCUT2D eigenvalue weighted by Gasteiger charge is 2.44. The summed E-state index contributed by atoms with van der Waals surface area (Å²) >= 11 is 3.21. The van der Waals surface area contributed by atoms with Gasteiger partial charge >= 0.3 is 5.97 Å². The molecule has 0 fully saturated rings. The fraction of sp³-hybridized carbons (Fsp3) is 0.136. The molecule has 1 N–H and O–H groups in total. The number of nitrogens with zero attached hydrogens (tertiary/aromatic N) is 2. The van der Waals surface area contributed by atoms with Crippen molar-refractivity contribution in [3.05, 3.63) is 81.0 Å². The van der Waals surface area contributed by atoms with Gasteiger partial charge in [-0.25, -0.2) is 4.79 Å². The Morgan fingerprint density at radius 2 is 1.90 bits per heavy atom. The number of thiophene rings is 2. The van der Waals surface area contributed by atoms with Gasteiger partial charge in [0.1, 0.15) is 6.04 Å². The number of aromatic nitrogens is 2. The molecule has 0 aliphatic carbocycles. The van der Waals surface area contributed by atoms with E-state index in [1.165, 1.54) is 0 Å². The first-order valence-electron chi connectivity index (χ1n) is 9.45. The molecule has 0 saturated heterocycles. The van der Waals surface area contributed by atoms with Crippen LogP contribution in [0.25, 0.3) is 10.6 Å². The lowest BCUT2D eigenvalue weighted by Crippen LogP contribution is -2.28. The van der Waals surface area contributed by atoms with Crippen molar-refractivity contribution in [2.75, 3.05) is 11.5 Å². The van der Waals surface area contributed by atoms with E-state index < -0.39 is 0 Å². The summed E-state index contributed by atoms with van der Waals surface area (Å²) in [5.41, 5.74) is 3.36. The highest BCUT2D eigenvalue weighted by Crippen LogP contribution is 2.46. The van der Waals surface area contributed by atoms with Crippen molar-refractivity contribution in [1.82, 2.24) is 10.2 Å². The number of H-pyrrole nitrogens is 1. The lowest BCUT2D eigenvalue weighted by Gasteiger charge is -2.25. The van der Waals surface area contributed by atoms with Crippen LogP contribution in [0.4, 0.5) is 5.69 Å². The zero-order valence-corrected chi connectivity index (χ0v) is 17.6. The molecule has 0 radical (unpaired) electrons. The summed E-state index contributed by atoms with van der Waals surface area (Å²) in [6.45, 7) is 2.09. The predicted molar refractivity (Wildman–Crippen MR) is 117 cm³/mol. The molecule has 4 aromatic rings. The first-order chi connectivity index (χ1) is 14.7. The molecule has 6 nitrogen and oxygen atoms in total. The van der Waals surface area contributed by atoms with Gasteiger partial charge in [-0.2, -0.15) is 5.10 Å². The maximum absolute atomic E-state index is 13.4.